The van der Waals surface area contributed by atoms with Crippen LogP contribution >= 0.6 is 11.8 Å². The van der Waals surface area contributed by atoms with Crippen molar-refractivity contribution < 1.29 is 14.3 Å². The fourth-order valence-electron chi connectivity index (χ4n) is 2.10. The van der Waals surface area contributed by atoms with Gasteiger partial charge in [0, 0.05) is 5.56 Å². The van der Waals surface area contributed by atoms with Crippen molar-refractivity contribution in [3.8, 4) is 5.75 Å². The minimum Gasteiger partial charge on any atom is -0.506 e. The van der Waals surface area contributed by atoms with Gasteiger partial charge in [-0.25, -0.2) is 9.38 Å². The van der Waals surface area contributed by atoms with Gasteiger partial charge in [-0.3, -0.25) is 4.79 Å². The maximum absolute atomic E-state index is 13.7. The summed E-state index contributed by atoms with van der Waals surface area (Å²) in [4.78, 5) is 16.6. The number of phenolic OH excluding ortho intramolecular Hbond substituents is 1. The van der Waals surface area contributed by atoms with E-state index in [1.807, 2.05) is 13.0 Å². The van der Waals surface area contributed by atoms with E-state index >= 15 is 0 Å². The molecule has 0 saturated carbocycles. The summed E-state index contributed by atoms with van der Waals surface area (Å²) >= 11 is 1.11. The van der Waals surface area contributed by atoms with Crippen LogP contribution in [-0.2, 0) is 4.79 Å². The van der Waals surface area contributed by atoms with E-state index < -0.39 is 5.82 Å². The Morgan fingerprint density at radius 1 is 1.22 bits per heavy atom. The van der Waals surface area contributed by atoms with Gasteiger partial charge in [0.25, 0.3) is 5.91 Å². The fraction of sp³-hybridized carbons (Fsp3) is 0.0588. The second kappa shape index (κ2) is 6.26. The van der Waals surface area contributed by atoms with Crippen molar-refractivity contribution in [1.82, 2.24) is 5.32 Å². The van der Waals surface area contributed by atoms with Gasteiger partial charge in [-0.2, -0.15) is 0 Å². The molecule has 1 amide bonds. The summed E-state index contributed by atoms with van der Waals surface area (Å²) < 4.78 is 13.7. The monoisotopic (exact) mass is 328 g/mol. The van der Waals surface area contributed by atoms with Crippen LogP contribution in [0.4, 0.5) is 10.1 Å². The van der Waals surface area contributed by atoms with Gasteiger partial charge in [0.1, 0.15) is 17.3 Å². The highest BCUT2D eigenvalue weighted by Gasteiger charge is 2.24. The normalized spacial score (nSPS) is 17.7. The van der Waals surface area contributed by atoms with Crippen molar-refractivity contribution in [1.29, 1.82) is 0 Å². The van der Waals surface area contributed by atoms with Crippen LogP contribution in [0.5, 0.6) is 5.75 Å². The summed E-state index contributed by atoms with van der Waals surface area (Å²) in [5, 5.41) is 12.8. The number of aromatic hydroxyl groups is 1. The first-order chi connectivity index (χ1) is 11.0. The highest BCUT2D eigenvalue weighted by atomic mass is 32.2. The Balaban J connectivity index is 1.91. The maximum Gasteiger partial charge on any atom is 0.264 e. The largest absolute Gasteiger partial charge is 0.506 e. The molecular formula is C17H13FN2O2S. The number of aliphatic imine (C=N–C) groups is 1. The number of halogens is 1. The topological polar surface area (TPSA) is 61.7 Å². The molecule has 0 bridgehead atoms. The number of carbonyl (C=O) groups is 1. The molecule has 1 fully saturated rings. The number of benzene rings is 2. The number of amides is 1. The van der Waals surface area contributed by atoms with E-state index in [9.17, 15) is 14.3 Å². The molecule has 116 valence electrons. The Morgan fingerprint density at radius 3 is 2.74 bits per heavy atom. The minimum absolute atomic E-state index is 0.0406. The van der Waals surface area contributed by atoms with Crippen LogP contribution in [-0.4, -0.2) is 16.2 Å². The number of nitrogens with zero attached hydrogens (tertiary/aromatic N) is 1. The first kappa shape index (κ1) is 15.3. The highest BCUT2D eigenvalue weighted by Crippen LogP contribution is 2.33. The molecule has 4 nitrogen and oxygen atoms in total. The third-order valence-electron chi connectivity index (χ3n) is 3.27. The van der Waals surface area contributed by atoms with Gasteiger partial charge >= 0.3 is 0 Å². The van der Waals surface area contributed by atoms with Gasteiger partial charge < -0.3 is 10.4 Å². The molecule has 1 heterocycles. The van der Waals surface area contributed by atoms with Gasteiger partial charge in [-0.15, -0.1) is 0 Å². The first-order valence-electron chi connectivity index (χ1n) is 6.87. The zero-order valence-electron chi connectivity index (χ0n) is 12.2. The Bertz CT molecular complexity index is 826. The van der Waals surface area contributed by atoms with Crippen molar-refractivity contribution in [2.24, 2.45) is 4.99 Å². The van der Waals surface area contributed by atoms with Crippen molar-refractivity contribution in [3.63, 3.8) is 0 Å². The summed E-state index contributed by atoms with van der Waals surface area (Å²) in [5.74, 6) is -0.695. The van der Waals surface area contributed by atoms with Crippen molar-refractivity contribution in [2.45, 2.75) is 6.92 Å². The predicted octanol–water partition coefficient (Wildman–Crippen LogP) is 3.73. The van der Waals surface area contributed by atoms with Gasteiger partial charge in [0.05, 0.1) is 4.91 Å². The van der Waals surface area contributed by atoms with Crippen molar-refractivity contribution >= 4 is 34.6 Å². The number of para-hydroxylation sites is 1. The molecule has 2 N–H and O–H groups in total. The molecule has 0 aromatic heterocycles. The average molecular weight is 328 g/mol. The second-order valence-corrected chi connectivity index (χ2v) is 5.98. The molecule has 1 saturated heterocycles. The Kier molecular flexibility index (Phi) is 4.16. The molecule has 2 aromatic carbocycles. The van der Waals surface area contributed by atoms with Crippen LogP contribution in [0.25, 0.3) is 6.08 Å². The molecule has 0 unspecified atom stereocenters. The number of hydrogen-bond donors (Lipinski definition) is 2. The standard InChI is InChI=1S/C17H13FN2O2S/c1-10-5-4-8-13(21)15(10)19-17-20-16(22)14(23-17)9-11-6-2-3-7-12(11)18/h2-9,21H,1H3,(H,19,20,22)/b14-9-. The van der Waals surface area contributed by atoms with Crippen LogP contribution in [0.3, 0.4) is 0 Å². The van der Waals surface area contributed by atoms with E-state index in [4.69, 9.17) is 0 Å². The predicted molar refractivity (Wildman–Crippen MR) is 90.0 cm³/mol. The SMILES string of the molecule is Cc1cccc(O)c1N=C1NC(=O)/C(=C/c2ccccc2F)S1. The molecule has 0 radical (unpaired) electrons. The van der Waals surface area contributed by atoms with Crippen LogP contribution in [0.15, 0.2) is 52.4 Å². The van der Waals surface area contributed by atoms with Crippen LogP contribution in [0.1, 0.15) is 11.1 Å². The summed E-state index contributed by atoms with van der Waals surface area (Å²) in [7, 11) is 0. The number of thioether (sulfide) groups is 1. The zero-order chi connectivity index (χ0) is 16.4. The van der Waals surface area contributed by atoms with E-state index in [0.717, 1.165) is 17.3 Å². The molecule has 1 aliphatic heterocycles. The Labute approximate surface area is 136 Å². The number of hydrogen-bond acceptors (Lipinski definition) is 4. The third-order valence-corrected chi connectivity index (χ3v) is 4.18. The molecule has 3 rings (SSSR count). The van der Waals surface area contributed by atoms with Crippen LogP contribution in [0, 0.1) is 12.7 Å². The minimum atomic E-state index is -0.393. The second-order valence-electron chi connectivity index (χ2n) is 4.95. The van der Waals surface area contributed by atoms with Gasteiger partial charge in [-0.1, -0.05) is 30.3 Å². The molecule has 2 aromatic rings. The molecule has 6 heteroatoms. The van der Waals surface area contributed by atoms with E-state index in [1.54, 1.807) is 24.3 Å². The Hall–Kier alpha value is -2.60. The van der Waals surface area contributed by atoms with Gasteiger partial charge in [-0.05, 0) is 42.5 Å². The van der Waals surface area contributed by atoms with E-state index in [2.05, 4.69) is 10.3 Å². The number of phenols is 1. The van der Waals surface area contributed by atoms with E-state index in [-0.39, 0.29) is 11.7 Å². The number of aryl methyl sites for hydroxylation is 1. The molecular weight excluding hydrogens is 315 g/mol. The lowest BCUT2D eigenvalue weighted by Gasteiger charge is -2.03. The number of nitrogens with one attached hydrogen (secondary N) is 1. The summed E-state index contributed by atoms with van der Waals surface area (Å²) in [6.45, 7) is 1.82. The molecule has 0 spiro atoms. The third kappa shape index (κ3) is 3.27. The lowest BCUT2D eigenvalue weighted by Crippen LogP contribution is -2.19. The zero-order valence-corrected chi connectivity index (χ0v) is 13.0. The lowest BCUT2D eigenvalue weighted by atomic mass is 10.2. The summed E-state index contributed by atoms with van der Waals surface area (Å²) in [6.07, 6.45) is 1.48. The fourth-order valence-corrected chi connectivity index (χ4v) is 2.92. The van der Waals surface area contributed by atoms with Gasteiger partial charge in [0.2, 0.25) is 0 Å². The van der Waals surface area contributed by atoms with E-state index in [0.29, 0.717) is 21.3 Å². The van der Waals surface area contributed by atoms with Crippen molar-refractivity contribution in [2.75, 3.05) is 0 Å². The summed E-state index contributed by atoms with van der Waals surface area (Å²) in [5.41, 5.74) is 1.53. The molecule has 0 atom stereocenters. The smallest absolute Gasteiger partial charge is 0.264 e. The maximum atomic E-state index is 13.7. The summed E-state index contributed by atoms with van der Waals surface area (Å²) in [6, 6.07) is 11.3. The molecule has 0 aliphatic carbocycles. The van der Waals surface area contributed by atoms with E-state index in [1.165, 1.54) is 18.2 Å². The van der Waals surface area contributed by atoms with Crippen LogP contribution in [0.2, 0.25) is 0 Å². The average Bonchev–Trinajstić information content (AvgIpc) is 2.85. The Morgan fingerprint density at radius 2 is 2.00 bits per heavy atom. The molecule has 1 aliphatic rings. The number of rotatable bonds is 2. The van der Waals surface area contributed by atoms with Gasteiger partial charge in [0.15, 0.2) is 5.17 Å². The quantitative estimate of drug-likeness (QED) is 0.826. The lowest BCUT2D eigenvalue weighted by molar-refractivity contribution is -0.115. The highest BCUT2D eigenvalue weighted by molar-refractivity contribution is 8.18. The van der Waals surface area contributed by atoms with Crippen LogP contribution < -0.4 is 5.32 Å². The molecule has 23 heavy (non-hydrogen) atoms. The number of carbonyl (C=O) groups excluding carboxylic acids is 1. The van der Waals surface area contributed by atoms with Crippen molar-refractivity contribution in [3.05, 3.63) is 64.3 Å². The first-order valence-corrected chi connectivity index (χ1v) is 7.69. The number of amidine groups is 1.